The Labute approximate surface area is 100 Å². The predicted molar refractivity (Wildman–Crippen MR) is 69.4 cm³/mol. The number of hydrogen-bond acceptors (Lipinski definition) is 2. The molecule has 0 aromatic heterocycles. The molecule has 0 aromatic rings. The van der Waals surface area contributed by atoms with Gasteiger partial charge in [0.2, 0.25) is 0 Å². The molecule has 2 nitrogen and oxygen atoms in total. The summed E-state index contributed by atoms with van der Waals surface area (Å²) >= 11 is 0. The van der Waals surface area contributed by atoms with Crippen LogP contribution in [0.2, 0.25) is 0 Å². The van der Waals surface area contributed by atoms with E-state index in [-0.39, 0.29) is 6.29 Å². The quantitative estimate of drug-likeness (QED) is 0.461. The molecule has 0 saturated heterocycles. The predicted octanol–water partition coefficient (Wildman–Crippen LogP) is 3.93. The van der Waals surface area contributed by atoms with Gasteiger partial charge in [-0.3, -0.25) is 0 Å². The summed E-state index contributed by atoms with van der Waals surface area (Å²) in [6, 6.07) is 0. The molecule has 0 rings (SSSR count). The summed E-state index contributed by atoms with van der Waals surface area (Å²) in [6.07, 6.45) is 7.21. The molecule has 0 aliphatic rings. The zero-order chi connectivity index (χ0) is 12.4. The van der Waals surface area contributed by atoms with Gasteiger partial charge < -0.3 is 9.47 Å². The summed E-state index contributed by atoms with van der Waals surface area (Å²) in [5.74, 6) is 0.687. The van der Waals surface area contributed by atoms with Crippen LogP contribution in [0.1, 0.15) is 41.0 Å². The fourth-order valence-electron chi connectivity index (χ4n) is 1.33. The van der Waals surface area contributed by atoms with Crippen molar-refractivity contribution in [3.63, 3.8) is 0 Å². The maximum Gasteiger partial charge on any atom is 0.183 e. The van der Waals surface area contributed by atoms with Crippen LogP contribution in [0.4, 0.5) is 0 Å². The van der Waals surface area contributed by atoms with Crippen LogP contribution < -0.4 is 0 Å². The van der Waals surface area contributed by atoms with Crippen LogP contribution >= 0.6 is 0 Å². The van der Waals surface area contributed by atoms with Crippen molar-refractivity contribution in [2.24, 2.45) is 5.92 Å². The van der Waals surface area contributed by atoms with E-state index in [1.807, 2.05) is 26.8 Å². The lowest BCUT2D eigenvalue weighted by atomic mass is 10.1. The maximum absolute atomic E-state index is 5.55. The van der Waals surface area contributed by atoms with E-state index < -0.39 is 0 Å². The van der Waals surface area contributed by atoms with Gasteiger partial charge in [-0.2, -0.15) is 0 Å². The fourth-order valence-corrected chi connectivity index (χ4v) is 1.33. The molecule has 0 saturated carbocycles. The van der Waals surface area contributed by atoms with Gasteiger partial charge in [0.25, 0.3) is 0 Å². The first-order chi connectivity index (χ1) is 7.65. The Morgan fingerprint density at radius 1 is 1.12 bits per heavy atom. The van der Waals surface area contributed by atoms with Crippen LogP contribution in [0.25, 0.3) is 0 Å². The van der Waals surface area contributed by atoms with Crippen LogP contribution in [0.5, 0.6) is 0 Å². The van der Waals surface area contributed by atoms with Crippen molar-refractivity contribution >= 4 is 0 Å². The van der Waals surface area contributed by atoms with Gasteiger partial charge in [-0.25, -0.2) is 0 Å². The molecule has 0 heterocycles. The summed E-state index contributed by atoms with van der Waals surface area (Å²) in [5, 5.41) is 0. The van der Waals surface area contributed by atoms with Gasteiger partial charge in [0, 0.05) is 18.8 Å². The Balaban J connectivity index is 4.37. The molecule has 0 aromatic carbocycles. The number of ether oxygens (including phenoxy) is 2. The first kappa shape index (κ1) is 15.4. The standard InChI is InChI=1S/C14H26O2/c1-6-13(11-9-10-12(4)5)14(15-7-2)16-8-3/h6,9,11-12,14H,7-8,10H2,1-5H3. The Morgan fingerprint density at radius 2 is 1.69 bits per heavy atom. The molecule has 2 heteroatoms. The third kappa shape index (κ3) is 6.81. The Morgan fingerprint density at radius 3 is 2.06 bits per heavy atom. The van der Waals surface area contributed by atoms with Crippen molar-refractivity contribution in [1.29, 1.82) is 0 Å². The Kier molecular flexibility index (Phi) is 9.25. The summed E-state index contributed by atoms with van der Waals surface area (Å²) in [6.45, 7) is 11.7. The second kappa shape index (κ2) is 9.61. The average molecular weight is 226 g/mol. The molecule has 0 amide bonds. The smallest absolute Gasteiger partial charge is 0.183 e. The van der Waals surface area contributed by atoms with Gasteiger partial charge in [0.1, 0.15) is 0 Å². The molecule has 0 N–H and O–H groups in total. The highest BCUT2D eigenvalue weighted by Gasteiger charge is 2.10. The van der Waals surface area contributed by atoms with Gasteiger partial charge in [-0.15, -0.1) is 0 Å². The number of hydrogen-bond donors (Lipinski definition) is 0. The van der Waals surface area contributed by atoms with Crippen molar-refractivity contribution in [2.45, 2.75) is 47.3 Å². The van der Waals surface area contributed by atoms with Gasteiger partial charge >= 0.3 is 0 Å². The molecule has 16 heavy (non-hydrogen) atoms. The second-order valence-corrected chi connectivity index (χ2v) is 4.06. The molecule has 0 radical (unpaired) electrons. The summed E-state index contributed by atoms with van der Waals surface area (Å²) in [4.78, 5) is 0. The third-order valence-corrected chi connectivity index (χ3v) is 2.16. The van der Waals surface area contributed by atoms with E-state index in [2.05, 4.69) is 26.0 Å². The van der Waals surface area contributed by atoms with Crippen molar-refractivity contribution in [3.05, 3.63) is 23.8 Å². The van der Waals surface area contributed by atoms with Crippen LogP contribution in [0, 0.1) is 5.92 Å². The van der Waals surface area contributed by atoms with E-state index in [1.165, 1.54) is 0 Å². The van der Waals surface area contributed by atoms with Crippen molar-refractivity contribution in [3.8, 4) is 0 Å². The third-order valence-electron chi connectivity index (χ3n) is 2.16. The average Bonchev–Trinajstić information content (AvgIpc) is 2.24. The van der Waals surface area contributed by atoms with Crippen LogP contribution in [-0.2, 0) is 9.47 Å². The normalized spacial score (nSPS) is 13.3. The van der Waals surface area contributed by atoms with E-state index in [4.69, 9.17) is 9.47 Å². The van der Waals surface area contributed by atoms with Crippen LogP contribution in [-0.4, -0.2) is 19.5 Å². The highest BCUT2D eigenvalue weighted by molar-refractivity contribution is 5.20. The molecule has 0 spiro atoms. The molecule has 0 aliphatic carbocycles. The largest absolute Gasteiger partial charge is 0.349 e. The Bertz CT molecular complexity index is 211. The molecule has 0 unspecified atom stereocenters. The zero-order valence-corrected chi connectivity index (χ0v) is 11.3. The first-order valence-electron chi connectivity index (χ1n) is 6.21. The van der Waals surface area contributed by atoms with Gasteiger partial charge in [0.05, 0.1) is 0 Å². The molecular formula is C14H26O2. The van der Waals surface area contributed by atoms with E-state index in [0.717, 1.165) is 12.0 Å². The molecule has 94 valence electrons. The van der Waals surface area contributed by atoms with Crippen molar-refractivity contribution in [2.75, 3.05) is 13.2 Å². The highest BCUT2D eigenvalue weighted by Crippen LogP contribution is 2.12. The van der Waals surface area contributed by atoms with E-state index >= 15 is 0 Å². The number of rotatable bonds is 8. The highest BCUT2D eigenvalue weighted by atomic mass is 16.7. The lowest BCUT2D eigenvalue weighted by Crippen LogP contribution is -2.19. The SMILES string of the molecule is CC=C(C=CCC(C)C)C(OCC)OCC. The van der Waals surface area contributed by atoms with E-state index in [0.29, 0.717) is 19.1 Å². The van der Waals surface area contributed by atoms with Crippen molar-refractivity contribution < 1.29 is 9.47 Å². The summed E-state index contributed by atoms with van der Waals surface area (Å²) in [5.41, 5.74) is 1.10. The van der Waals surface area contributed by atoms with Crippen LogP contribution in [0.15, 0.2) is 23.8 Å². The Hall–Kier alpha value is -0.600. The monoisotopic (exact) mass is 226 g/mol. The molecule has 0 atom stereocenters. The summed E-state index contributed by atoms with van der Waals surface area (Å²) < 4.78 is 11.1. The minimum Gasteiger partial charge on any atom is -0.349 e. The van der Waals surface area contributed by atoms with Crippen LogP contribution in [0.3, 0.4) is 0 Å². The zero-order valence-electron chi connectivity index (χ0n) is 11.3. The second-order valence-electron chi connectivity index (χ2n) is 4.06. The van der Waals surface area contributed by atoms with Gasteiger partial charge in [-0.05, 0) is 33.1 Å². The lowest BCUT2D eigenvalue weighted by molar-refractivity contribution is -0.109. The molecule has 0 fully saturated rings. The fraction of sp³-hybridized carbons (Fsp3) is 0.714. The molecular weight excluding hydrogens is 200 g/mol. The van der Waals surface area contributed by atoms with E-state index in [1.54, 1.807) is 0 Å². The summed E-state index contributed by atoms with van der Waals surface area (Å²) in [7, 11) is 0. The molecule has 0 aliphatic heterocycles. The van der Waals surface area contributed by atoms with Crippen molar-refractivity contribution in [1.82, 2.24) is 0 Å². The maximum atomic E-state index is 5.55. The number of allylic oxidation sites excluding steroid dienone is 2. The van der Waals surface area contributed by atoms with E-state index in [9.17, 15) is 0 Å². The minimum atomic E-state index is -0.219. The van der Waals surface area contributed by atoms with Gasteiger partial charge in [-0.1, -0.05) is 32.1 Å². The minimum absolute atomic E-state index is 0.219. The lowest BCUT2D eigenvalue weighted by Gasteiger charge is -2.18. The first-order valence-corrected chi connectivity index (χ1v) is 6.21. The van der Waals surface area contributed by atoms with Gasteiger partial charge in [0.15, 0.2) is 6.29 Å². The molecule has 0 bridgehead atoms. The topological polar surface area (TPSA) is 18.5 Å².